The molecule has 3 heterocycles. The van der Waals surface area contributed by atoms with E-state index in [9.17, 15) is 9.59 Å². The third-order valence-corrected chi connectivity index (χ3v) is 4.73. The quantitative estimate of drug-likeness (QED) is 0.924. The first-order valence-corrected chi connectivity index (χ1v) is 7.62. The maximum absolute atomic E-state index is 12.9. The molecule has 0 bridgehead atoms. The summed E-state index contributed by atoms with van der Waals surface area (Å²) in [7, 11) is 0. The van der Waals surface area contributed by atoms with Crippen LogP contribution in [0.25, 0.3) is 0 Å². The van der Waals surface area contributed by atoms with Crippen molar-refractivity contribution in [3.63, 3.8) is 0 Å². The summed E-state index contributed by atoms with van der Waals surface area (Å²) in [6.45, 7) is 4.02. The third-order valence-electron chi connectivity index (χ3n) is 4.16. The number of nitrogens with zero attached hydrogens (tertiary/aromatic N) is 1. The van der Waals surface area contributed by atoms with Gasteiger partial charge in [0, 0.05) is 12.2 Å². The van der Waals surface area contributed by atoms with Gasteiger partial charge in [-0.05, 0) is 44.4 Å². The highest BCUT2D eigenvalue weighted by Gasteiger charge is 2.34. The van der Waals surface area contributed by atoms with Crippen LogP contribution in [0.3, 0.4) is 0 Å². The van der Waals surface area contributed by atoms with Crippen LogP contribution in [-0.2, 0) is 0 Å². The van der Waals surface area contributed by atoms with Crippen molar-refractivity contribution in [2.75, 3.05) is 6.54 Å². The molecule has 1 aliphatic heterocycles. The molecule has 1 aliphatic rings. The molecule has 116 valence electrons. The summed E-state index contributed by atoms with van der Waals surface area (Å²) in [5, 5.41) is 0.427. The second kappa shape index (κ2) is 5.65. The van der Waals surface area contributed by atoms with Gasteiger partial charge in [-0.1, -0.05) is 11.6 Å². The number of H-pyrrole nitrogens is 1. The lowest BCUT2D eigenvalue weighted by atomic mass is 10.1. The van der Waals surface area contributed by atoms with E-state index in [1.54, 1.807) is 31.1 Å². The molecule has 1 amide bonds. The van der Waals surface area contributed by atoms with E-state index in [2.05, 4.69) is 4.98 Å². The first-order chi connectivity index (χ1) is 10.5. The Hall–Kier alpha value is -2.01. The topological polar surface area (TPSA) is 66.3 Å². The van der Waals surface area contributed by atoms with Crippen LogP contribution >= 0.6 is 11.6 Å². The zero-order valence-electron chi connectivity index (χ0n) is 12.5. The summed E-state index contributed by atoms with van der Waals surface area (Å²) in [5.74, 6) is 0.456. The van der Waals surface area contributed by atoms with Crippen LogP contribution < -0.4 is 5.56 Å². The fourth-order valence-corrected chi connectivity index (χ4v) is 3.18. The minimum atomic E-state index is -0.394. The van der Waals surface area contributed by atoms with Gasteiger partial charge in [0.15, 0.2) is 0 Å². The number of halogens is 1. The number of likely N-dealkylation sites (tertiary alicyclic amines) is 1. The summed E-state index contributed by atoms with van der Waals surface area (Å²) in [6.07, 6.45) is 3.31. The van der Waals surface area contributed by atoms with Gasteiger partial charge in [-0.3, -0.25) is 9.59 Å². The third kappa shape index (κ3) is 2.35. The highest BCUT2D eigenvalue weighted by atomic mass is 35.5. The average Bonchev–Trinajstić information content (AvgIpc) is 3.14. The molecule has 0 aliphatic carbocycles. The van der Waals surface area contributed by atoms with Gasteiger partial charge in [0.2, 0.25) is 0 Å². The molecule has 6 heteroatoms. The number of aromatic amines is 1. The predicted molar refractivity (Wildman–Crippen MR) is 83.3 cm³/mol. The summed E-state index contributed by atoms with van der Waals surface area (Å²) >= 11 is 6.18. The molecule has 1 atom stereocenters. The molecule has 0 saturated carbocycles. The minimum Gasteiger partial charge on any atom is -0.467 e. The van der Waals surface area contributed by atoms with E-state index in [4.69, 9.17) is 16.0 Å². The van der Waals surface area contributed by atoms with Crippen molar-refractivity contribution in [1.82, 2.24) is 9.88 Å². The van der Waals surface area contributed by atoms with Crippen molar-refractivity contribution in [2.45, 2.75) is 32.7 Å². The van der Waals surface area contributed by atoms with Crippen LogP contribution in [0.15, 0.2) is 27.6 Å². The molecule has 1 saturated heterocycles. The Morgan fingerprint density at radius 1 is 1.45 bits per heavy atom. The molecular weight excluding hydrogens is 304 g/mol. The number of carbonyl (C=O) groups is 1. The molecule has 2 aromatic heterocycles. The number of pyridine rings is 1. The molecule has 0 unspecified atom stereocenters. The van der Waals surface area contributed by atoms with Crippen molar-refractivity contribution in [3.8, 4) is 0 Å². The van der Waals surface area contributed by atoms with E-state index in [-0.39, 0.29) is 17.5 Å². The SMILES string of the molecule is Cc1[nH]c(=O)c(C(=O)N2CCC[C@@H]2c2ccco2)c(C)c1Cl. The maximum Gasteiger partial charge on any atom is 0.261 e. The van der Waals surface area contributed by atoms with E-state index in [1.165, 1.54) is 0 Å². The molecule has 5 nitrogen and oxygen atoms in total. The van der Waals surface area contributed by atoms with Crippen LogP contribution in [-0.4, -0.2) is 22.3 Å². The van der Waals surface area contributed by atoms with Gasteiger partial charge in [-0.15, -0.1) is 0 Å². The van der Waals surface area contributed by atoms with Gasteiger partial charge in [-0.2, -0.15) is 0 Å². The molecule has 2 aromatic rings. The fraction of sp³-hybridized carbons (Fsp3) is 0.375. The van der Waals surface area contributed by atoms with Crippen molar-refractivity contribution in [2.24, 2.45) is 0 Å². The maximum atomic E-state index is 12.9. The number of rotatable bonds is 2. The van der Waals surface area contributed by atoms with Gasteiger partial charge in [0.1, 0.15) is 11.3 Å². The average molecular weight is 321 g/mol. The summed E-state index contributed by atoms with van der Waals surface area (Å²) in [6, 6.07) is 3.54. The number of nitrogens with one attached hydrogen (secondary N) is 1. The van der Waals surface area contributed by atoms with Gasteiger partial charge < -0.3 is 14.3 Å². The van der Waals surface area contributed by atoms with E-state index in [0.29, 0.717) is 22.8 Å². The Bertz CT molecular complexity index is 764. The molecule has 22 heavy (non-hydrogen) atoms. The number of aromatic nitrogens is 1. The zero-order chi connectivity index (χ0) is 15.9. The van der Waals surface area contributed by atoms with Crippen LogP contribution in [0.1, 0.15) is 46.3 Å². The summed E-state index contributed by atoms with van der Waals surface area (Å²) < 4.78 is 5.43. The highest BCUT2D eigenvalue weighted by Crippen LogP contribution is 2.33. The monoisotopic (exact) mass is 320 g/mol. The van der Waals surface area contributed by atoms with Crippen LogP contribution in [0.4, 0.5) is 0 Å². The molecule has 1 N–H and O–H groups in total. The van der Waals surface area contributed by atoms with Crippen molar-refractivity contribution < 1.29 is 9.21 Å². The Labute approximate surface area is 132 Å². The second-order valence-electron chi connectivity index (χ2n) is 5.57. The van der Waals surface area contributed by atoms with Crippen molar-refractivity contribution in [1.29, 1.82) is 0 Å². The molecular formula is C16H17ClN2O3. The van der Waals surface area contributed by atoms with Gasteiger partial charge in [-0.25, -0.2) is 0 Å². The number of carbonyl (C=O) groups excluding carboxylic acids is 1. The Morgan fingerprint density at radius 3 is 2.91 bits per heavy atom. The Balaban J connectivity index is 2.01. The van der Waals surface area contributed by atoms with E-state index in [1.807, 2.05) is 6.07 Å². The van der Waals surface area contributed by atoms with E-state index in [0.717, 1.165) is 18.6 Å². The molecule has 0 radical (unpaired) electrons. The molecule has 1 fully saturated rings. The van der Waals surface area contributed by atoms with E-state index >= 15 is 0 Å². The van der Waals surface area contributed by atoms with Crippen LogP contribution in [0.2, 0.25) is 5.02 Å². The summed E-state index contributed by atoms with van der Waals surface area (Å²) in [4.78, 5) is 29.4. The number of amides is 1. The zero-order valence-corrected chi connectivity index (χ0v) is 13.2. The van der Waals surface area contributed by atoms with Crippen LogP contribution in [0, 0.1) is 13.8 Å². The minimum absolute atomic E-state index is 0.119. The largest absolute Gasteiger partial charge is 0.467 e. The Kier molecular flexibility index (Phi) is 3.83. The van der Waals surface area contributed by atoms with Gasteiger partial charge in [0.25, 0.3) is 11.5 Å². The lowest BCUT2D eigenvalue weighted by Crippen LogP contribution is -2.35. The van der Waals surface area contributed by atoms with E-state index < -0.39 is 5.56 Å². The second-order valence-corrected chi connectivity index (χ2v) is 5.94. The first kappa shape index (κ1) is 14.9. The van der Waals surface area contributed by atoms with Gasteiger partial charge >= 0.3 is 0 Å². The van der Waals surface area contributed by atoms with Crippen molar-refractivity contribution in [3.05, 3.63) is 56.4 Å². The number of hydrogen-bond acceptors (Lipinski definition) is 3. The van der Waals surface area contributed by atoms with Crippen LogP contribution in [0.5, 0.6) is 0 Å². The first-order valence-electron chi connectivity index (χ1n) is 7.24. The smallest absolute Gasteiger partial charge is 0.261 e. The van der Waals surface area contributed by atoms with Gasteiger partial charge in [0.05, 0.1) is 17.3 Å². The summed E-state index contributed by atoms with van der Waals surface area (Å²) in [5.41, 5.74) is 0.825. The normalized spacial score (nSPS) is 18.0. The standard InChI is InChI=1S/C16H17ClN2O3/c1-9-13(15(20)18-10(2)14(9)17)16(21)19-7-3-5-11(19)12-6-4-8-22-12/h4,6,8,11H,3,5,7H2,1-2H3,(H,18,20)/t11-/m1/s1. The number of aryl methyl sites for hydroxylation is 1. The number of hydrogen-bond donors (Lipinski definition) is 1. The van der Waals surface area contributed by atoms with Crippen molar-refractivity contribution >= 4 is 17.5 Å². The molecule has 3 rings (SSSR count). The molecule has 0 aromatic carbocycles. The Morgan fingerprint density at radius 2 is 2.23 bits per heavy atom. The lowest BCUT2D eigenvalue weighted by molar-refractivity contribution is 0.0717. The number of furan rings is 1. The fourth-order valence-electron chi connectivity index (χ4n) is 3.04. The highest BCUT2D eigenvalue weighted by molar-refractivity contribution is 6.32. The predicted octanol–water partition coefficient (Wildman–Crippen LogP) is 3.22. The molecule has 0 spiro atoms. The lowest BCUT2D eigenvalue weighted by Gasteiger charge is -2.23.